The fourth-order valence-electron chi connectivity index (χ4n) is 4.03. The fourth-order valence-corrected chi connectivity index (χ4v) is 4.03. The Labute approximate surface area is 151 Å². The molecule has 2 aliphatic rings. The molecule has 1 aliphatic carbocycles. The molecule has 2 aromatic heterocycles. The van der Waals surface area contributed by atoms with Crippen molar-refractivity contribution < 1.29 is 14.0 Å². The highest BCUT2D eigenvalue weighted by atomic mass is 16.3. The Bertz CT molecular complexity index is 809. The van der Waals surface area contributed by atoms with Gasteiger partial charge in [0.1, 0.15) is 11.5 Å². The number of rotatable bonds is 3. The van der Waals surface area contributed by atoms with Crippen LogP contribution in [0.1, 0.15) is 52.5 Å². The summed E-state index contributed by atoms with van der Waals surface area (Å²) in [4.78, 5) is 34.7. The van der Waals surface area contributed by atoms with Gasteiger partial charge in [-0.15, -0.1) is 0 Å². The number of hydrogen-bond donors (Lipinski definition) is 1. The van der Waals surface area contributed by atoms with Crippen molar-refractivity contribution in [3.63, 3.8) is 0 Å². The first kappa shape index (κ1) is 16.8. The molecule has 2 fully saturated rings. The van der Waals surface area contributed by atoms with Crippen LogP contribution >= 0.6 is 0 Å². The first-order valence-corrected chi connectivity index (χ1v) is 9.00. The second-order valence-electron chi connectivity index (χ2n) is 7.22. The molecule has 4 rings (SSSR count). The summed E-state index contributed by atoms with van der Waals surface area (Å²) >= 11 is 0. The Kier molecular flexibility index (Phi) is 4.22. The van der Waals surface area contributed by atoms with E-state index in [1.54, 1.807) is 12.3 Å². The van der Waals surface area contributed by atoms with Gasteiger partial charge in [0.25, 0.3) is 11.8 Å². The third kappa shape index (κ3) is 2.98. The van der Waals surface area contributed by atoms with Crippen LogP contribution in [0.3, 0.4) is 0 Å². The third-order valence-corrected chi connectivity index (χ3v) is 5.77. The van der Waals surface area contributed by atoms with E-state index in [0.29, 0.717) is 24.5 Å². The smallest absolute Gasteiger partial charge is 0.289 e. The van der Waals surface area contributed by atoms with Gasteiger partial charge in [-0.2, -0.15) is 0 Å². The summed E-state index contributed by atoms with van der Waals surface area (Å²) < 4.78 is 5.45. The normalized spacial score (nSPS) is 21.3. The second-order valence-corrected chi connectivity index (χ2v) is 7.22. The molecule has 7 nitrogen and oxygen atoms in total. The van der Waals surface area contributed by atoms with Gasteiger partial charge in [0.2, 0.25) is 0 Å². The van der Waals surface area contributed by atoms with E-state index in [1.165, 1.54) is 12.4 Å². The molecule has 0 radical (unpaired) electrons. The summed E-state index contributed by atoms with van der Waals surface area (Å²) in [6.45, 7) is 3.22. The topological polar surface area (TPSA) is 88.3 Å². The van der Waals surface area contributed by atoms with E-state index < -0.39 is 0 Å². The molecular formula is C19H22N4O3. The van der Waals surface area contributed by atoms with Crippen LogP contribution in [0, 0.1) is 12.3 Å². The SMILES string of the molecule is Cc1ccc(C(=O)N2CCC3(CC[C@H]3NC(=O)c3cnccn3)CC2)o1. The molecule has 1 atom stereocenters. The lowest BCUT2D eigenvalue weighted by Crippen LogP contribution is -2.59. The lowest BCUT2D eigenvalue weighted by atomic mass is 9.59. The first-order chi connectivity index (χ1) is 12.6. The van der Waals surface area contributed by atoms with Crippen LogP contribution in [0.15, 0.2) is 35.1 Å². The highest BCUT2D eigenvalue weighted by Crippen LogP contribution is 2.49. The molecule has 1 saturated heterocycles. The molecule has 1 aliphatic heterocycles. The van der Waals surface area contributed by atoms with Gasteiger partial charge < -0.3 is 14.6 Å². The molecule has 2 amide bonds. The molecular weight excluding hydrogens is 332 g/mol. The van der Waals surface area contributed by atoms with Gasteiger partial charge in [-0.05, 0) is 50.2 Å². The van der Waals surface area contributed by atoms with Gasteiger partial charge in [0.05, 0.1) is 6.20 Å². The molecule has 0 aromatic carbocycles. The maximum Gasteiger partial charge on any atom is 0.289 e. The summed E-state index contributed by atoms with van der Waals surface area (Å²) in [5.74, 6) is 0.923. The van der Waals surface area contributed by atoms with Crippen molar-refractivity contribution in [1.29, 1.82) is 0 Å². The van der Waals surface area contributed by atoms with E-state index in [1.807, 2.05) is 17.9 Å². The molecule has 0 bridgehead atoms. The molecule has 7 heteroatoms. The molecule has 2 aromatic rings. The standard InChI is InChI=1S/C19H22N4O3/c1-13-2-3-15(26-13)18(25)23-10-6-19(7-11-23)5-4-16(19)22-17(24)14-12-20-8-9-21-14/h2-3,8-9,12,16H,4-7,10-11H2,1H3,(H,22,24)/t16-/m1/s1. The first-order valence-electron chi connectivity index (χ1n) is 9.00. The Balaban J connectivity index is 1.36. The number of hydrogen-bond acceptors (Lipinski definition) is 5. The molecule has 136 valence electrons. The van der Waals surface area contributed by atoms with E-state index in [2.05, 4.69) is 15.3 Å². The van der Waals surface area contributed by atoms with E-state index in [-0.39, 0.29) is 23.3 Å². The Morgan fingerprint density at radius 3 is 2.62 bits per heavy atom. The summed E-state index contributed by atoms with van der Waals surface area (Å²) in [6, 6.07) is 3.68. The predicted molar refractivity (Wildman–Crippen MR) is 93.5 cm³/mol. The quantitative estimate of drug-likeness (QED) is 0.913. The molecule has 1 spiro atoms. The van der Waals surface area contributed by atoms with Crippen LogP contribution in [0.2, 0.25) is 0 Å². The summed E-state index contributed by atoms with van der Waals surface area (Å²) in [7, 11) is 0. The van der Waals surface area contributed by atoms with Gasteiger partial charge in [-0.1, -0.05) is 0 Å². The molecule has 3 heterocycles. The van der Waals surface area contributed by atoms with Gasteiger partial charge in [-0.25, -0.2) is 4.98 Å². The Morgan fingerprint density at radius 1 is 1.23 bits per heavy atom. The van der Waals surface area contributed by atoms with Gasteiger partial charge >= 0.3 is 0 Å². The predicted octanol–water partition coefficient (Wildman–Crippen LogP) is 2.19. The largest absolute Gasteiger partial charge is 0.456 e. The number of likely N-dealkylation sites (tertiary alicyclic amines) is 1. The lowest BCUT2D eigenvalue weighted by Gasteiger charge is -2.53. The molecule has 1 N–H and O–H groups in total. The van der Waals surface area contributed by atoms with Crippen molar-refractivity contribution >= 4 is 11.8 Å². The minimum absolute atomic E-state index is 0.0487. The highest BCUT2D eigenvalue weighted by molar-refractivity contribution is 5.92. The van der Waals surface area contributed by atoms with E-state index >= 15 is 0 Å². The monoisotopic (exact) mass is 354 g/mol. The number of amides is 2. The average Bonchev–Trinajstić information content (AvgIpc) is 3.11. The van der Waals surface area contributed by atoms with E-state index in [0.717, 1.165) is 31.4 Å². The van der Waals surface area contributed by atoms with Crippen molar-refractivity contribution in [2.24, 2.45) is 5.41 Å². The number of aromatic nitrogens is 2. The number of aryl methyl sites for hydroxylation is 1. The molecule has 0 unspecified atom stereocenters. The number of nitrogens with zero attached hydrogens (tertiary/aromatic N) is 3. The maximum absolute atomic E-state index is 12.5. The Morgan fingerprint density at radius 2 is 2.04 bits per heavy atom. The molecule has 1 saturated carbocycles. The highest BCUT2D eigenvalue weighted by Gasteiger charge is 2.49. The summed E-state index contributed by atoms with van der Waals surface area (Å²) in [5, 5.41) is 3.11. The molecule has 26 heavy (non-hydrogen) atoms. The van der Waals surface area contributed by atoms with Gasteiger partial charge in [0.15, 0.2) is 5.76 Å². The number of furan rings is 1. The van der Waals surface area contributed by atoms with Crippen molar-refractivity contribution in [2.75, 3.05) is 13.1 Å². The Hall–Kier alpha value is -2.70. The second kappa shape index (κ2) is 6.55. The zero-order valence-electron chi connectivity index (χ0n) is 14.8. The average molecular weight is 354 g/mol. The van der Waals surface area contributed by atoms with Crippen molar-refractivity contribution in [1.82, 2.24) is 20.2 Å². The van der Waals surface area contributed by atoms with Crippen molar-refractivity contribution in [3.8, 4) is 0 Å². The number of nitrogens with one attached hydrogen (secondary N) is 1. The van der Waals surface area contributed by atoms with E-state index in [4.69, 9.17) is 4.42 Å². The third-order valence-electron chi connectivity index (χ3n) is 5.77. The summed E-state index contributed by atoms with van der Waals surface area (Å²) in [5.41, 5.74) is 0.434. The minimum atomic E-state index is -0.174. The van der Waals surface area contributed by atoms with Crippen LogP contribution in [0.5, 0.6) is 0 Å². The lowest BCUT2D eigenvalue weighted by molar-refractivity contribution is -0.00327. The number of carbonyl (C=O) groups excluding carboxylic acids is 2. The number of carbonyl (C=O) groups is 2. The van der Waals surface area contributed by atoms with Crippen molar-refractivity contribution in [3.05, 3.63) is 47.9 Å². The zero-order chi connectivity index (χ0) is 18.1. The summed E-state index contributed by atoms with van der Waals surface area (Å²) in [6.07, 6.45) is 8.39. The maximum atomic E-state index is 12.5. The van der Waals surface area contributed by atoms with Crippen LogP contribution in [0.25, 0.3) is 0 Å². The van der Waals surface area contributed by atoms with Crippen LogP contribution in [-0.2, 0) is 0 Å². The van der Waals surface area contributed by atoms with Crippen LogP contribution in [-0.4, -0.2) is 45.8 Å². The number of piperidine rings is 1. The zero-order valence-corrected chi connectivity index (χ0v) is 14.8. The van der Waals surface area contributed by atoms with Gasteiger partial charge in [-0.3, -0.25) is 14.6 Å². The van der Waals surface area contributed by atoms with Gasteiger partial charge in [0, 0.05) is 31.5 Å². The van der Waals surface area contributed by atoms with Crippen LogP contribution in [0.4, 0.5) is 0 Å². The minimum Gasteiger partial charge on any atom is -0.456 e. The fraction of sp³-hybridized carbons (Fsp3) is 0.474. The van der Waals surface area contributed by atoms with E-state index in [9.17, 15) is 9.59 Å². The van der Waals surface area contributed by atoms with Crippen molar-refractivity contribution in [2.45, 2.75) is 38.6 Å². The van der Waals surface area contributed by atoms with Crippen LogP contribution < -0.4 is 5.32 Å².